The number of Topliss-reactive ketones (excluding diaryl/α,β-unsaturated/α-hetero) is 1. The molecule has 0 saturated carbocycles. The van der Waals surface area contributed by atoms with Gasteiger partial charge in [0.15, 0.2) is 0 Å². The Balaban J connectivity index is 2.59. The minimum Gasteiger partial charge on any atom is -0.481 e. The first-order valence-corrected chi connectivity index (χ1v) is 7.56. The van der Waals surface area contributed by atoms with Crippen LogP contribution in [-0.2, 0) is 22.4 Å². The van der Waals surface area contributed by atoms with Gasteiger partial charge in [0.2, 0.25) is 0 Å². The number of aliphatic carboxylic acids is 1. The van der Waals surface area contributed by atoms with Gasteiger partial charge in [0.05, 0.1) is 18.6 Å². The molecular weight excluding hydrogens is 284 g/mol. The molecule has 2 atom stereocenters. The number of rotatable bonds is 10. The number of hydrogen-bond acceptors (Lipinski definition) is 3. The van der Waals surface area contributed by atoms with E-state index in [1.165, 1.54) is 6.92 Å². The molecule has 0 aromatic heterocycles. The molecule has 3 N–H and O–H groups in total. The smallest absolute Gasteiger partial charge is 0.306 e. The molecule has 0 heterocycles. The molecule has 0 amide bonds. The summed E-state index contributed by atoms with van der Waals surface area (Å²) in [6, 6.07) is 6.99. The molecule has 122 valence electrons. The molecule has 0 saturated heterocycles. The molecular formula is C17H24FNO3. The lowest BCUT2D eigenvalue weighted by Gasteiger charge is -2.15. The Kier molecular flexibility index (Phi) is 7.74. The molecule has 0 spiro atoms. The van der Waals surface area contributed by atoms with Gasteiger partial charge in [-0.05, 0) is 50.2 Å². The van der Waals surface area contributed by atoms with Crippen LogP contribution in [0, 0.1) is 5.92 Å². The molecule has 22 heavy (non-hydrogen) atoms. The molecule has 0 bridgehead atoms. The highest BCUT2D eigenvalue weighted by atomic mass is 18.2. The number of alkyl halides is 1. The maximum atomic E-state index is 12.1. The molecule has 0 radical (unpaired) electrons. The van der Waals surface area contributed by atoms with E-state index >= 15 is 0 Å². The van der Waals surface area contributed by atoms with Crippen molar-refractivity contribution >= 4 is 11.8 Å². The maximum Gasteiger partial charge on any atom is 0.306 e. The van der Waals surface area contributed by atoms with Gasteiger partial charge in [0.1, 0.15) is 5.78 Å². The molecule has 1 aromatic rings. The summed E-state index contributed by atoms with van der Waals surface area (Å²) < 4.78 is 12.1. The van der Waals surface area contributed by atoms with E-state index in [0.29, 0.717) is 32.1 Å². The Morgan fingerprint density at radius 3 is 2.27 bits per heavy atom. The summed E-state index contributed by atoms with van der Waals surface area (Å²) in [5, 5.41) is 9.29. The standard InChI is InChI=1S/C17H24FNO3/c1-12(20)16(19)9-8-15(17(21)22)11-14-6-4-13(5-7-14)3-2-10-18/h4-7,15-16H,2-3,8-11,19H2,1H3,(H,21,22)/t15?,16-/m0/s1/i18-1. The monoisotopic (exact) mass is 308 g/mol. The lowest BCUT2D eigenvalue weighted by molar-refractivity contribution is -0.142. The Morgan fingerprint density at radius 2 is 1.77 bits per heavy atom. The third-order valence-electron chi connectivity index (χ3n) is 3.80. The van der Waals surface area contributed by atoms with Crippen LogP contribution in [0.3, 0.4) is 0 Å². The number of hydrogen-bond donors (Lipinski definition) is 2. The number of carbonyl (C=O) groups is 2. The van der Waals surface area contributed by atoms with Crippen LogP contribution < -0.4 is 5.73 Å². The fourth-order valence-corrected chi connectivity index (χ4v) is 2.29. The summed E-state index contributed by atoms with van der Waals surface area (Å²) in [6.07, 6.45) is 2.34. The van der Waals surface area contributed by atoms with E-state index in [0.717, 1.165) is 11.1 Å². The van der Waals surface area contributed by atoms with Crippen molar-refractivity contribution in [1.82, 2.24) is 0 Å². The van der Waals surface area contributed by atoms with E-state index in [-0.39, 0.29) is 12.5 Å². The summed E-state index contributed by atoms with van der Waals surface area (Å²) in [4.78, 5) is 22.4. The highest BCUT2D eigenvalue weighted by Gasteiger charge is 2.20. The predicted octanol–water partition coefficient (Wildman–Crippen LogP) is 2.53. The Bertz CT molecular complexity index is 487. The minimum atomic E-state index is -0.878. The number of benzene rings is 1. The fraction of sp³-hybridized carbons (Fsp3) is 0.529. The molecule has 0 fully saturated rings. The molecule has 1 unspecified atom stereocenters. The van der Waals surface area contributed by atoms with Crippen molar-refractivity contribution in [2.45, 2.75) is 45.1 Å². The van der Waals surface area contributed by atoms with Crippen molar-refractivity contribution in [2.24, 2.45) is 11.7 Å². The number of nitrogens with two attached hydrogens (primary N) is 1. The third-order valence-corrected chi connectivity index (χ3v) is 3.80. The fourth-order valence-electron chi connectivity index (χ4n) is 2.29. The molecule has 0 aliphatic heterocycles. The number of ketones is 1. The normalized spacial score (nSPS) is 13.6. The maximum absolute atomic E-state index is 12.1. The lowest BCUT2D eigenvalue weighted by atomic mass is 9.92. The molecule has 0 aliphatic carbocycles. The zero-order valence-corrected chi connectivity index (χ0v) is 12.9. The second-order valence-corrected chi connectivity index (χ2v) is 5.64. The Morgan fingerprint density at radius 1 is 1.18 bits per heavy atom. The van der Waals surface area contributed by atoms with Gasteiger partial charge >= 0.3 is 5.97 Å². The SMILES string of the molecule is CC(=O)[C@@H](N)CCC(Cc1ccc(CCC[18F])cc1)C(=O)O. The molecule has 5 heteroatoms. The van der Waals surface area contributed by atoms with Crippen LogP contribution in [-0.4, -0.2) is 29.6 Å². The van der Waals surface area contributed by atoms with Crippen molar-refractivity contribution in [2.75, 3.05) is 6.67 Å². The van der Waals surface area contributed by atoms with Gasteiger partial charge in [0.25, 0.3) is 0 Å². The number of halogens is 1. The van der Waals surface area contributed by atoms with Crippen molar-refractivity contribution < 1.29 is 19.1 Å². The van der Waals surface area contributed by atoms with E-state index in [1.807, 2.05) is 24.3 Å². The number of carbonyl (C=O) groups excluding carboxylic acids is 1. The van der Waals surface area contributed by atoms with Crippen molar-refractivity contribution in [3.05, 3.63) is 35.4 Å². The van der Waals surface area contributed by atoms with E-state index in [2.05, 4.69) is 0 Å². The molecule has 0 aliphatic rings. The largest absolute Gasteiger partial charge is 0.481 e. The first kappa shape index (κ1) is 18.3. The van der Waals surface area contributed by atoms with E-state index in [9.17, 15) is 19.1 Å². The van der Waals surface area contributed by atoms with Crippen LogP contribution in [0.1, 0.15) is 37.3 Å². The highest BCUT2D eigenvalue weighted by Crippen LogP contribution is 2.17. The van der Waals surface area contributed by atoms with Crippen LogP contribution in [0.5, 0.6) is 0 Å². The van der Waals surface area contributed by atoms with Gasteiger partial charge in [-0.25, -0.2) is 0 Å². The minimum absolute atomic E-state index is 0.124. The average Bonchev–Trinajstić information content (AvgIpc) is 2.49. The quantitative estimate of drug-likeness (QED) is 0.696. The van der Waals surface area contributed by atoms with Crippen LogP contribution in [0.15, 0.2) is 24.3 Å². The van der Waals surface area contributed by atoms with Gasteiger partial charge in [-0.15, -0.1) is 0 Å². The summed E-state index contributed by atoms with van der Waals surface area (Å²) in [5.41, 5.74) is 7.62. The van der Waals surface area contributed by atoms with Gasteiger partial charge in [0, 0.05) is 0 Å². The van der Waals surface area contributed by atoms with Crippen LogP contribution >= 0.6 is 0 Å². The van der Waals surface area contributed by atoms with Crippen molar-refractivity contribution in [3.8, 4) is 0 Å². The van der Waals surface area contributed by atoms with E-state index in [4.69, 9.17) is 5.73 Å². The van der Waals surface area contributed by atoms with Crippen molar-refractivity contribution in [1.29, 1.82) is 0 Å². The van der Waals surface area contributed by atoms with Crippen LogP contribution in [0.4, 0.5) is 4.39 Å². The predicted molar refractivity (Wildman–Crippen MR) is 83.5 cm³/mol. The molecule has 1 rings (SSSR count). The van der Waals surface area contributed by atoms with Crippen molar-refractivity contribution in [3.63, 3.8) is 0 Å². The number of carboxylic acids is 1. The molecule has 4 nitrogen and oxygen atoms in total. The number of carboxylic acid groups (broad SMARTS) is 1. The second kappa shape index (κ2) is 9.30. The summed E-state index contributed by atoms with van der Waals surface area (Å²) in [7, 11) is 0. The zero-order chi connectivity index (χ0) is 16.5. The van der Waals surface area contributed by atoms with Gasteiger partial charge < -0.3 is 10.8 Å². The van der Waals surface area contributed by atoms with Gasteiger partial charge in [-0.2, -0.15) is 0 Å². The highest BCUT2D eigenvalue weighted by molar-refractivity contribution is 5.81. The summed E-state index contributed by atoms with van der Waals surface area (Å²) >= 11 is 0. The van der Waals surface area contributed by atoms with E-state index < -0.39 is 17.9 Å². The van der Waals surface area contributed by atoms with Gasteiger partial charge in [-0.1, -0.05) is 24.3 Å². The topological polar surface area (TPSA) is 80.4 Å². The number of aryl methyl sites for hydroxylation is 1. The first-order valence-electron chi connectivity index (χ1n) is 7.56. The van der Waals surface area contributed by atoms with Gasteiger partial charge in [-0.3, -0.25) is 14.0 Å². The summed E-state index contributed by atoms with van der Waals surface area (Å²) in [6.45, 7) is 1.08. The van der Waals surface area contributed by atoms with Crippen LogP contribution in [0.2, 0.25) is 0 Å². The Hall–Kier alpha value is -1.75. The Labute approximate surface area is 130 Å². The first-order chi connectivity index (χ1) is 10.4. The second-order valence-electron chi connectivity index (χ2n) is 5.64. The average molecular weight is 308 g/mol. The third kappa shape index (κ3) is 6.35. The molecule has 1 aromatic carbocycles. The summed E-state index contributed by atoms with van der Waals surface area (Å²) in [5.74, 6) is -1.55. The lowest BCUT2D eigenvalue weighted by Crippen LogP contribution is -2.30. The van der Waals surface area contributed by atoms with Crippen LogP contribution in [0.25, 0.3) is 0 Å². The van der Waals surface area contributed by atoms with E-state index in [1.54, 1.807) is 0 Å². The zero-order valence-electron chi connectivity index (χ0n) is 12.9.